The first kappa shape index (κ1) is 18.0. The van der Waals surface area contributed by atoms with E-state index >= 15 is 0 Å². The highest BCUT2D eigenvalue weighted by Crippen LogP contribution is 2.34. The highest BCUT2D eigenvalue weighted by Gasteiger charge is 2.40. The van der Waals surface area contributed by atoms with E-state index in [0.29, 0.717) is 26.2 Å². The molecule has 136 valence electrons. The van der Waals surface area contributed by atoms with Crippen molar-refractivity contribution in [1.82, 2.24) is 4.90 Å². The summed E-state index contributed by atoms with van der Waals surface area (Å²) in [4.78, 5) is 18.2. The number of hydrogen-bond donors (Lipinski definition) is 0. The number of aromatic amines is 1. The van der Waals surface area contributed by atoms with Crippen molar-refractivity contribution in [3.63, 3.8) is 0 Å². The summed E-state index contributed by atoms with van der Waals surface area (Å²) in [6.45, 7) is 1.43. The minimum atomic E-state index is -4.42. The lowest BCUT2D eigenvalue weighted by Crippen LogP contribution is -2.50. The summed E-state index contributed by atoms with van der Waals surface area (Å²) in [6, 6.07) is 11.9. The summed E-state index contributed by atoms with van der Waals surface area (Å²) in [5, 5.41) is 0. The number of hydrogen-bond acceptors (Lipinski definition) is 2. The Bertz CT molecular complexity index is 782. The number of aromatic nitrogens is 1. The number of anilines is 1. The van der Waals surface area contributed by atoms with E-state index in [4.69, 9.17) is 0 Å². The quantitative estimate of drug-likeness (QED) is 0.788. The number of alkyl halides is 3. The van der Waals surface area contributed by atoms with Gasteiger partial charge in [0.25, 0.3) is 5.82 Å². The van der Waals surface area contributed by atoms with Gasteiger partial charge in [-0.3, -0.25) is 9.69 Å². The van der Waals surface area contributed by atoms with Gasteiger partial charge in [0.15, 0.2) is 0 Å². The maximum Gasteiger partial charge on any atom is 0.424 e. The Kier molecular flexibility index (Phi) is 5.25. The third-order valence-electron chi connectivity index (χ3n) is 4.27. The number of piperazine rings is 1. The van der Waals surface area contributed by atoms with Crippen molar-refractivity contribution in [3.05, 3.63) is 65.9 Å². The van der Waals surface area contributed by atoms with Gasteiger partial charge in [-0.25, -0.2) is 4.98 Å². The number of carbonyl (C=O) groups excluding carboxylic acids is 1. The first-order chi connectivity index (χ1) is 12.4. The third kappa shape index (κ3) is 4.22. The molecule has 0 aliphatic carbocycles. The van der Waals surface area contributed by atoms with E-state index in [9.17, 15) is 18.0 Å². The Labute approximate surface area is 149 Å². The van der Waals surface area contributed by atoms with E-state index in [1.54, 1.807) is 15.9 Å². The van der Waals surface area contributed by atoms with Crippen molar-refractivity contribution in [2.75, 3.05) is 31.1 Å². The van der Waals surface area contributed by atoms with Gasteiger partial charge in [0.2, 0.25) is 5.91 Å². The molecule has 1 aromatic carbocycles. The van der Waals surface area contributed by atoms with Crippen LogP contribution in [0.15, 0.2) is 54.7 Å². The lowest BCUT2D eigenvalue weighted by molar-refractivity contribution is -0.367. The van der Waals surface area contributed by atoms with Gasteiger partial charge in [-0.1, -0.05) is 30.3 Å². The molecule has 1 N–H and O–H groups in total. The fourth-order valence-electron chi connectivity index (χ4n) is 2.91. The highest BCUT2D eigenvalue weighted by molar-refractivity contribution is 5.91. The molecule has 26 heavy (non-hydrogen) atoms. The average Bonchev–Trinajstić information content (AvgIpc) is 2.66. The largest absolute Gasteiger partial charge is 0.424 e. The predicted octanol–water partition coefficient (Wildman–Crippen LogP) is 2.88. The zero-order chi connectivity index (χ0) is 18.6. The summed E-state index contributed by atoms with van der Waals surface area (Å²) in [5.41, 5.74) is 0.233. The third-order valence-corrected chi connectivity index (χ3v) is 4.27. The van der Waals surface area contributed by atoms with Crippen LogP contribution in [0.5, 0.6) is 0 Å². The van der Waals surface area contributed by atoms with E-state index in [-0.39, 0.29) is 11.7 Å². The van der Waals surface area contributed by atoms with E-state index in [0.717, 1.165) is 11.6 Å². The molecule has 1 aliphatic rings. The summed E-state index contributed by atoms with van der Waals surface area (Å²) in [5.74, 6) is -0.0893. The number of benzene rings is 1. The number of amides is 1. The first-order valence-corrected chi connectivity index (χ1v) is 8.30. The van der Waals surface area contributed by atoms with Crippen LogP contribution in [-0.4, -0.2) is 37.0 Å². The van der Waals surface area contributed by atoms with Crippen LogP contribution in [0.3, 0.4) is 0 Å². The van der Waals surface area contributed by atoms with Crippen molar-refractivity contribution in [1.29, 1.82) is 0 Å². The smallest absolute Gasteiger partial charge is 0.331 e. The normalized spacial score (nSPS) is 15.5. The molecule has 1 amide bonds. The first-order valence-electron chi connectivity index (χ1n) is 8.30. The van der Waals surface area contributed by atoms with Crippen molar-refractivity contribution >= 4 is 17.8 Å². The number of carbonyl (C=O) groups is 1. The minimum absolute atomic E-state index is 0.0481. The van der Waals surface area contributed by atoms with E-state index < -0.39 is 11.7 Å². The molecular weight excluding hydrogens is 343 g/mol. The van der Waals surface area contributed by atoms with Crippen LogP contribution in [0.1, 0.15) is 11.1 Å². The molecule has 7 heteroatoms. The Hall–Kier alpha value is -2.83. The number of nitrogens with one attached hydrogen (secondary N) is 1. The fraction of sp³-hybridized carbons (Fsp3) is 0.263. The van der Waals surface area contributed by atoms with E-state index in [1.165, 1.54) is 18.3 Å². The summed E-state index contributed by atoms with van der Waals surface area (Å²) < 4.78 is 39.4. The van der Waals surface area contributed by atoms with Gasteiger partial charge in [-0.05, 0) is 23.8 Å². The standard InChI is InChI=1S/C19H18F3N3O/c20-19(21,22)16-7-4-10-23-18(16)25-13-11-24(12-14-25)17(26)9-8-15-5-2-1-3-6-15/h1-10H,11-14H2/p+1/b9-8+. The monoisotopic (exact) mass is 362 g/mol. The van der Waals surface area contributed by atoms with Crippen molar-refractivity contribution in [2.24, 2.45) is 0 Å². The molecule has 2 aromatic rings. The summed E-state index contributed by atoms with van der Waals surface area (Å²) in [7, 11) is 0. The van der Waals surface area contributed by atoms with Gasteiger partial charge in [0.1, 0.15) is 18.7 Å². The molecule has 0 atom stereocenters. The molecule has 0 spiro atoms. The van der Waals surface area contributed by atoms with Crippen LogP contribution < -0.4 is 9.88 Å². The Morgan fingerprint density at radius 1 is 1.00 bits per heavy atom. The SMILES string of the molecule is O=C(/C=C/c1ccccc1)N1CCN(c2[nH+]cccc2C(F)(F)F)CC1. The van der Waals surface area contributed by atoms with Gasteiger partial charge >= 0.3 is 6.18 Å². The van der Waals surface area contributed by atoms with Crippen LogP contribution in [0.2, 0.25) is 0 Å². The van der Waals surface area contributed by atoms with Gasteiger partial charge in [0.05, 0.1) is 19.3 Å². The van der Waals surface area contributed by atoms with Crippen LogP contribution in [-0.2, 0) is 11.0 Å². The lowest BCUT2D eigenvalue weighted by atomic mass is 10.2. The van der Waals surface area contributed by atoms with E-state index in [1.807, 2.05) is 30.3 Å². The molecule has 0 radical (unpaired) electrons. The number of pyridine rings is 1. The summed E-state index contributed by atoms with van der Waals surface area (Å²) in [6.07, 6.45) is 0.297. The second kappa shape index (κ2) is 7.59. The molecule has 4 nitrogen and oxygen atoms in total. The topological polar surface area (TPSA) is 37.7 Å². The average molecular weight is 362 g/mol. The Morgan fingerprint density at radius 2 is 1.69 bits per heavy atom. The number of H-pyrrole nitrogens is 1. The zero-order valence-corrected chi connectivity index (χ0v) is 14.0. The maximum atomic E-state index is 13.1. The van der Waals surface area contributed by atoms with Crippen LogP contribution in [0.4, 0.5) is 19.0 Å². The van der Waals surface area contributed by atoms with E-state index in [2.05, 4.69) is 4.98 Å². The molecule has 0 saturated carbocycles. The molecule has 1 fully saturated rings. The molecule has 2 heterocycles. The fourth-order valence-corrected chi connectivity index (χ4v) is 2.91. The van der Waals surface area contributed by atoms with Crippen molar-refractivity contribution in [2.45, 2.75) is 6.18 Å². The van der Waals surface area contributed by atoms with Crippen LogP contribution in [0.25, 0.3) is 6.08 Å². The second-order valence-corrected chi connectivity index (χ2v) is 5.99. The number of nitrogens with zero attached hydrogens (tertiary/aromatic N) is 2. The maximum absolute atomic E-state index is 13.1. The number of rotatable bonds is 3. The zero-order valence-electron chi connectivity index (χ0n) is 14.0. The molecule has 1 saturated heterocycles. The molecule has 1 aromatic heterocycles. The Morgan fingerprint density at radius 3 is 2.35 bits per heavy atom. The molecule has 1 aliphatic heterocycles. The van der Waals surface area contributed by atoms with Gasteiger partial charge < -0.3 is 4.90 Å². The predicted molar refractivity (Wildman–Crippen MR) is 92.3 cm³/mol. The lowest BCUT2D eigenvalue weighted by Gasteiger charge is -2.31. The van der Waals surface area contributed by atoms with Gasteiger partial charge in [-0.15, -0.1) is 0 Å². The Balaban J connectivity index is 1.63. The van der Waals surface area contributed by atoms with Crippen LogP contribution >= 0.6 is 0 Å². The second-order valence-electron chi connectivity index (χ2n) is 5.99. The van der Waals surface area contributed by atoms with Crippen molar-refractivity contribution in [3.8, 4) is 0 Å². The van der Waals surface area contributed by atoms with Crippen LogP contribution in [0, 0.1) is 0 Å². The highest BCUT2D eigenvalue weighted by atomic mass is 19.4. The summed E-state index contributed by atoms with van der Waals surface area (Å²) >= 11 is 0. The molecule has 0 bridgehead atoms. The molecular formula is C19H19F3N3O+. The minimum Gasteiger partial charge on any atom is -0.331 e. The molecule has 0 unspecified atom stereocenters. The van der Waals surface area contributed by atoms with Crippen molar-refractivity contribution < 1.29 is 22.9 Å². The molecule has 3 rings (SSSR count). The number of halogens is 3. The van der Waals surface area contributed by atoms with Gasteiger partial charge in [0, 0.05) is 6.08 Å². The van der Waals surface area contributed by atoms with Gasteiger partial charge in [-0.2, -0.15) is 13.2 Å².